The average molecular weight is 283 g/mol. The van der Waals surface area contributed by atoms with E-state index in [0.717, 1.165) is 52.2 Å². The molecule has 2 aliphatic rings. The third kappa shape index (κ3) is 3.32. The van der Waals surface area contributed by atoms with Gasteiger partial charge < -0.3 is 15.4 Å². The summed E-state index contributed by atoms with van der Waals surface area (Å²) in [6.45, 7) is 12.5. The van der Waals surface area contributed by atoms with Crippen molar-refractivity contribution in [2.45, 2.75) is 39.2 Å². The number of nitrogens with zero attached hydrogens (tertiary/aromatic N) is 1. The fraction of sp³-hybridized carbons (Fsp3) is 0.933. The summed E-state index contributed by atoms with van der Waals surface area (Å²) < 4.78 is 5.40. The first-order valence-electron chi connectivity index (χ1n) is 7.82. The van der Waals surface area contributed by atoms with Gasteiger partial charge in [-0.3, -0.25) is 9.69 Å². The molecule has 1 unspecified atom stereocenters. The first-order valence-corrected chi connectivity index (χ1v) is 7.82. The highest BCUT2D eigenvalue weighted by Crippen LogP contribution is 2.29. The van der Waals surface area contributed by atoms with Gasteiger partial charge in [0.2, 0.25) is 5.91 Å². The van der Waals surface area contributed by atoms with Crippen molar-refractivity contribution in [2.75, 3.05) is 45.9 Å². The van der Waals surface area contributed by atoms with Crippen LogP contribution in [0.2, 0.25) is 0 Å². The smallest absolute Gasteiger partial charge is 0.227 e. The van der Waals surface area contributed by atoms with Crippen LogP contribution in [-0.2, 0) is 9.53 Å². The summed E-state index contributed by atoms with van der Waals surface area (Å²) in [6.07, 6.45) is 1.86. The molecular formula is C15H29N3O2. The molecule has 0 spiro atoms. The second-order valence-electron chi connectivity index (χ2n) is 6.66. The molecule has 0 aliphatic carbocycles. The van der Waals surface area contributed by atoms with Crippen molar-refractivity contribution >= 4 is 5.91 Å². The van der Waals surface area contributed by atoms with E-state index in [4.69, 9.17) is 4.74 Å². The van der Waals surface area contributed by atoms with Crippen LogP contribution < -0.4 is 10.6 Å². The summed E-state index contributed by atoms with van der Waals surface area (Å²) in [5.74, 6) is 0.214. The van der Waals surface area contributed by atoms with Crippen molar-refractivity contribution < 1.29 is 9.53 Å². The van der Waals surface area contributed by atoms with Crippen molar-refractivity contribution in [3.05, 3.63) is 0 Å². The molecule has 2 rings (SSSR count). The fourth-order valence-corrected chi connectivity index (χ4v) is 3.16. The van der Waals surface area contributed by atoms with E-state index in [-0.39, 0.29) is 16.9 Å². The van der Waals surface area contributed by atoms with Crippen LogP contribution in [0.4, 0.5) is 0 Å². The number of morpholine rings is 1. The standard InChI is InChI=1S/C15H29N3O2/c1-4-15(5-6-16-12-15)13(19)17-11-14(2,3)18-7-9-20-10-8-18/h16H,4-12H2,1-3H3,(H,17,19). The molecule has 2 aliphatic heterocycles. The van der Waals surface area contributed by atoms with Crippen LogP contribution in [0.5, 0.6) is 0 Å². The van der Waals surface area contributed by atoms with E-state index in [1.54, 1.807) is 0 Å². The number of carbonyl (C=O) groups is 1. The van der Waals surface area contributed by atoms with Gasteiger partial charge in [0.05, 0.1) is 18.6 Å². The summed E-state index contributed by atoms with van der Waals surface area (Å²) in [5, 5.41) is 6.51. The lowest BCUT2D eigenvalue weighted by Crippen LogP contribution is -2.56. The van der Waals surface area contributed by atoms with Crippen LogP contribution in [0, 0.1) is 5.41 Å². The van der Waals surface area contributed by atoms with E-state index in [1.807, 2.05) is 0 Å². The molecule has 0 aromatic carbocycles. The number of nitrogens with one attached hydrogen (secondary N) is 2. The predicted molar refractivity (Wildman–Crippen MR) is 79.7 cm³/mol. The molecule has 0 bridgehead atoms. The van der Waals surface area contributed by atoms with Gasteiger partial charge in [0.25, 0.3) is 0 Å². The van der Waals surface area contributed by atoms with Crippen LogP contribution in [0.1, 0.15) is 33.6 Å². The third-order valence-electron chi connectivity index (χ3n) is 4.95. The summed E-state index contributed by atoms with van der Waals surface area (Å²) >= 11 is 0. The highest BCUT2D eigenvalue weighted by atomic mass is 16.5. The van der Waals surface area contributed by atoms with E-state index in [2.05, 4.69) is 36.3 Å². The molecule has 2 saturated heterocycles. The highest BCUT2D eigenvalue weighted by molar-refractivity contribution is 5.83. The van der Waals surface area contributed by atoms with Crippen LogP contribution in [0.3, 0.4) is 0 Å². The summed E-state index contributed by atoms with van der Waals surface area (Å²) in [6, 6.07) is 0. The minimum atomic E-state index is -0.193. The maximum atomic E-state index is 12.5. The van der Waals surface area contributed by atoms with E-state index < -0.39 is 0 Å². The zero-order valence-corrected chi connectivity index (χ0v) is 13.1. The molecule has 5 nitrogen and oxygen atoms in total. The van der Waals surface area contributed by atoms with E-state index in [9.17, 15) is 4.79 Å². The minimum Gasteiger partial charge on any atom is -0.379 e. The minimum absolute atomic E-state index is 0.0135. The van der Waals surface area contributed by atoms with Crippen LogP contribution in [0.25, 0.3) is 0 Å². The van der Waals surface area contributed by atoms with Gasteiger partial charge in [-0.1, -0.05) is 6.92 Å². The lowest BCUT2D eigenvalue weighted by Gasteiger charge is -2.41. The largest absolute Gasteiger partial charge is 0.379 e. The Balaban J connectivity index is 1.88. The molecular weight excluding hydrogens is 254 g/mol. The van der Waals surface area contributed by atoms with Gasteiger partial charge in [0, 0.05) is 31.7 Å². The number of rotatable bonds is 5. The molecule has 5 heteroatoms. The van der Waals surface area contributed by atoms with Crippen molar-refractivity contribution in [1.29, 1.82) is 0 Å². The van der Waals surface area contributed by atoms with Crippen LogP contribution >= 0.6 is 0 Å². The van der Waals surface area contributed by atoms with Gasteiger partial charge >= 0.3 is 0 Å². The number of ether oxygens (including phenoxy) is 1. The number of carbonyl (C=O) groups excluding carboxylic acids is 1. The molecule has 1 amide bonds. The predicted octanol–water partition coefficient (Wildman–Crippen LogP) is 0.603. The third-order valence-corrected chi connectivity index (χ3v) is 4.95. The Morgan fingerprint density at radius 2 is 2.10 bits per heavy atom. The van der Waals surface area contributed by atoms with E-state index >= 15 is 0 Å². The molecule has 2 N–H and O–H groups in total. The van der Waals surface area contributed by atoms with Gasteiger partial charge in [-0.15, -0.1) is 0 Å². The highest BCUT2D eigenvalue weighted by Gasteiger charge is 2.40. The first kappa shape index (κ1) is 15.7. The molecule has 2 fully saturated rings. The zero-order chi connectivity index (χ0) is 14.6. The van der Waals surface area contributed by atoms with Gasteiger partial charge in [0.15, 0.2) is 0 Å². The number of amides is 1. The Morgan fingerprint density at radius 1 is 1.40 bits per heavy atom. The van der Waals surface area contributed by atoms with Crippen molar-refractivity contribution in [3.8, 4) is 0 Å². The van der Waals surface area contributed by atoms with Gasteiger partial charge in [-0.25, -0.2) is 0 Å². The van der Waals surface area contributed by atoms with Crippen molar-refractivity contribution in [1.82, 2.24) is 15.5 Å². The fourth-order valence-electron chi connectivity index (χ4n) is 3.16. The van der Waals surface area contributed by atoms with Gasteiger partial charge in [-0.05, 0) is 33.2 Å². The molecule has 0 aromatic heterocycles. The Bertz CT molecular complexity index is 332. The average Bonchev–Trinajstić information content (AvgIpc) is 2.96. The lowest BCUT2D eigenvalue weighted by atomic mass is 9.83. The Labute approximate surface area is 122 Å². The van der Waals surface area contributed by atoms with Crippen LogP contribution in [0.15, 0.2) is 0 Å². The molecule has 0 saturated carbocycles. The summed E-state index contributed by atoms with van der Waals surface area (Å²) in [4.78, 5) is 14.9. The quantitative estimate of drug-likeness (QED) is 0.776. The van der Waals surface area contributed by atoms with Crippen molar-refractivity contribution in [3.63, 3.8) is 0 Å². The maximum absolute atomic E-state index is 12.5. The summed E-state index contributed by atoms with van der Waals surface area (Å²) in [7, 11) is 0. The Morgan fingerprint density at radius 3 is 2.65 bits per heavy atom. The summed E-state index contributed by atoms with van der Waals surface area (Å²) in [5.41, 5.74) is -0.207. The maximum Gasteiger partial charge on any atom is 0.227 e. The van der Waals surface area contributed by atoms with E-state index in [1.165, 1.54) is 0 Å². The van der Waals surface area contributed by atoms with Crippen LogP contribution in [-0.4, -0.2) is 62.3 Å². The lowest BCUT2D eigenvalue weighted by molar-refractivity contribution is -0.131. The van der Waals surface area contributed by atoms with Crippen molar-refractivity contribution in [2.24, 2.45) is 5.41 Å². The molecule has 116 valence electrons. The SMILES string of the molecule is CCC1(C(=O)NCC(C)(C)N2CCOCC2)CCNC1. The normalized spacial score (nSPS) is 28.6. The Kier molecular flexibility index (Phi) is 5.04. The number of hydrogen-bond acceptors (Lipinski definition) is 4. The monoisotopic (exact) mass is 283 g/mol. The Hall–Kier alpha value is -0.650. The molecule has 2 heterocycles. The second kappa shape index (κ2) is 6.41. The molecule has 0 radical (unpaired) electrons. The zero-order valence-electron chi connectivity index (χ0n) is 13.1. The molecule has 0 aromatic rings. The van der Waals surface area contributed by atoms with Gasteiger partial charge in [0.1, 0.15) is 0 Å². The van der Waals surface area contributed by atoms with E-state index in [0.29, 0.717) is 6.54 Å². The molecule has 20 heavy (non-hydrogen) atoms. The molecule has 1 atom stereocenters. The number of hydrogen-bond donors (Lipinski definition) is 2. The van der Waals surface area contributed by atoms with Gasteiger partial charge in [-0.2, -0.15) is 0 Å². The topological polar surface area (TPSA) is 53.6 Å². The first-order chi connectivity index (χ1) is 9.50. The second-order valence-corrected chi connectivity index (χ2v) is 6.66.